The van der Waals surface area contributed by atoms with Crippen LogP contribution < -0.4 is 14.9 Å². The first-order chi connectivity index (χ1) is 24.3. The van der Waals surface area contributed by atoms with Crippen LogP contribution in [-0.2, 0) is 10.2 Å². The largest absolute Gasteiger partial charge is 0.393 e. The van der Waals surface area contributed by atoms with E-state index in [0.29, 0.717) is 60.5 Å². The summed E-state index contributed by atoms with van der Waals surface area (Å²) in [4.78, 5) is 41.6. The number of aliphatic hydroxyl groups excluding tert-OH is 1. The first-order valence-electron chi connectivity index (χ1n) is 15.6. The highest BCUT2D eigenvalue weighted by Gasteiger charge is 2.28. The molecule has 3 N–H and O–H groups in total. The summed E-state index contributed by atoms with van der Waals surface area (Å²) in [6.45, 7) is 2.78. The molecule has 5 aromatic rings. The zero-order valence-electron chi connectivity index (χ0n) is 27.1. The van der Waals surface area contributed by atoms with Crippen molar-refractivity contribution in [3.63, 3.8) is 0 Å². The van der Waals surface area contributed by atoms with Gasteiger partial charge in [-0.1, -0.05) is 6.92 Å². The lowest BCUT2D eigenvalue weighted by Gasteiger charge is -2.29. The summed E-state index contributed by atoms with van der Waals surface area (Å²) in [7, 11) is -3.05. The average Bonchev–Trinajstić information content (AvgIpc) is 3.54. The molecule has 0 bridgehead atoms. The number of amides is 1. The number of piperidine rings is 1. The summed E-state index contributed by atoms with van der Waals surface area (Å²) in [5.41, 5.74) is -2.60. The maximum atomic E-state index is 15.7. The third-order valence-corrected chi connectivity index (χ3v) is 9.99. The van der Waals surface area contributed by atoms with Crippen molar-refractivity contribution in [3.05, 3.63) is 95.6 Å². The van der Waals surface area contributed by atoms with Gasteiger partial charge in [-0.3, -0.25) is 18.9 Å². The molecule has 0 aliphatic carbocycles. The molecule has 18 heteroatoms. The number of nitrogens with zero attached hydrogens (tertiary/aromatic N) is 6. The van der Waals surface area contributed by atoms with Crippen LogP contribution in [0, 0.1) is 23.3 Å². The van der Waals surface area contributed by atoms with Gasteiger partial charge in [0.2, 0.25) is 5.95 Å². The van der Waals surface area contributed by atoms with Crippen LogP contribution in [0.15, 0.2) is 61.2 Å². The maximum Gasteiger partial charge on any atom is 0.301 e. The van der Waals surface area contributed by atoms with Crippen LogP contribution in [0.3, 0.4) is 0 Å². The van der Waals surface area contributed by atoms with Crippen molar-refractivity contribution >= 4 is 50.4 Å². The Bertz CT molecular complexity index is 2260. The van der Waals surface area contributed by atoms with E-state index in [1.165, 1.54) is 32.4 Å². The number of hydrogen-bond donors (Lipinski definition) is 3. The van der Waals surface area contributed by atoms with Gasteiger partial charge in [0.25, 0.3) is 11.8 Å². The third kappa shape index (κ3) is 6.97. The number of benzene rings is 2. The number of nitrogens with one attached hydrogen (secondary N) is 2. The molecular weight excluding hydrogens is 696 g/mol. The lowest BCUT2D eigenvalue weighted by molar-refractivity contribution is 0.0953. The van der Waals surface area contributed by atoms with Gasteiger partial charge in [-0.05, 0) is 49.2 Å². The lowest BCUT2D eigenvalue weighted by Crippen LogP contribution is -2.36. The van der Waals surface area contributed by atoms with E-state index >= 15 is 13.2 Å². The Hall–Kier alpha value is -5.46. The third-order valence-electron chi connectivity index (χ3n) is 8.43. The topological polar surface area (TPSA) is 163 Å². The minimum Gasteiger partial charge on any atom is -0.393 e. The summed E-state index contributed by atoms with van der Waals surface area (Å²) in [6, 6.07) is 6.04. The summed E-state index contributed by atoms with van der Waals surface area (Å²) in [5, 5.41) is 12.1. The Morgan fingerprint density at radius 1 is 0.902 bits per heavy atom. The second-order valence-corrected chi connectivity index (χ2v) is 13.4. The van der Waals surface area contributed by atoms with E-state index in [9.17, 15) is 27.5 Å². The first kappa shape index (κ1) is 35.4. The van der Waals surface area contributed by atoms with Gasteiger partial charge in [0.1, 0.15) is 28.4 Å². The molecule has 1 aliphatic heterocycles. The fraction of sp³-hybridized carbons (Fsp3) is 0.242. The highest BCUT2D eigenvalue weighted by atomic mass is 32.2. The molecular formula is C33H30F4N8O5S. The Kier molecular flexibility index (Phi) is 9.74. The van der Waals surface area contributed by atoms with Crippen LogP contribution in [0.5, 0.6) is 0 Å². The standard InChI is InChI=1S/C33H30F4N8O5S/c1-3-43(2)51(49,50)42-25-7-5-22(34)26(29(25)37)31(47)41-24-6-4-23(35)27(28(24)36)32(48)45-13-8-18-14-19(15-38-30(18)45)20-16-39-33(40-17-20)44-11-9-21(46)10-12-44/h4-8,13-17,21,42,46H,3,9-12H2,1-2H3,(H,41,47). The van der Waals surface area contributed by atoms with E-state index in [0.717, 1.165) is 21.0 Å². The molecule has 0 spiro atoms. The van der Waals surface area contributed by atoms with Crippen molar-refractivity contribution in [2.24, 2.45) is 0 Å². The van der Waals surface area contributed by atoms with Crippen molar-refractivity contribution in [1.29, 1.82) is 0 Å². The van der Waals surface area contributed by atoms with Gasteiger partial charge in [-0.2, -0.15) is 12.7 Å². The summed E-state index contributed by atoms with van der Waals surface area (Å²) < 4.78 is 89.0. The second-order valence-electron chi connectivity index (χ2n) is 11.7. The van der Waals surface area contributed by atoms with Crippen LogP contribution in [0.25, 0.3) is 22.2 Å². The van der Waals surface area contributed by atoms with Gasteiger partial charge in [-0.25, -0.2) is 32.5 Å². The number of carbonyl (C=O) groups is 2. The number of rotatable bonds is 9. The summed E-state index contributed by atoms with van der Waals surface area (Å²) in [5.74, 6) is -8.02. The molecule has 1 aliphatic rings. The molecule has 13 nitrogen and oxygen atoms in total. The Labute approximate surface area is 288 Å². The zero-order valence-corrected chi connectivity index (χ0v) is 27.9. The first-order valence-corrected chi connectivity index (χ1v) is 17.0. The van der Waals surface area contributed by atoms with Crippen molar-refractivity contribution in [2.45, 2.75) is 25.9 Å². The predicted octanol–water partition coefficient (Wildman–Crippen LogP) is 4.56. The Balaban J connectivity index is 1.24. The molecule has 3 aromatic heterocycles. The molecule has 0 unspecified atom stereocenters. The van der Waals surface area contributed by atoms with Crippen LogP contribution in [0.1, 0.15) is 40.5 Å². The number of aliphatic hydroxyl groups is 1. The molecule has 0 radical (unpaired) electrons. The number of halogens is 4. The van der Waals surface area contributed by atoms with E-state index in [4.69, 9.17) is 0 Å². The van der Waals surface area contributed by atoms with Crippen molar-refractivity contribution in [1.82, 2.24) is 23.8 Å². The maximum absolute atomic E-state index is 15.7. The monoisotopic (exact) mass is 726 g/mol. The molecule has 1 fully saturated rings. The number of pyridine rings is 1. The molecule has 266 valence electrons. The van der Waals surface area contributed by atoms with Crippen LogP contribution >= 0.6 is 0 Å². The van der Waals surface area contributed by atoms with E-state index in [-0.39, 0.29) is 18.3 Å². The number of fused-ring (bicyclic) bond motifs is 1. The van der Waals surface area contributed by atoms with Gasteiger partial charge in [0.05, 0.1) is 17.5 Å². The molecule has 1 amide bonds. The zero-order chi connectivity index (χ0) is 36.6. The van der Waals surface area contributed by atoms with Gasteiger partial charge in [0.15, 0.2) is 11.6 Å². The minimum atomic E-state index is -4.26. The van der Waals surface area contributed by atoms with E-state index < -0.39 is 67.8 Å². The lowest BCUT2D eigenvalue weighted by atomic mass is 10.1. The van der Waals surface area contributed by atoms with Crippen molar-refractivity contribution in [2.75, 3.05) is 41.6 Å². The Morgan fingerprint density at radius 2 is 1.51 bits per heavy atom. The summed E-state index contributed by atoms with van der Waals surface area (Å²) in [6.07, 6.45) is 6.81. The van der Waals surface area contributed by atoms with E-state index in [1.54, 1.807) is 18.5 Å². The molecule has 2 aromatic carbocycles. The van der Waals surface area contributed by atoms with Gasteiger partial charge >= 0.3 is 10.2 Å². The second kappa shape index (κ2) is 14.0. The van der Waals surface area contributed by atoms with Crippen LogP contribution in [-0.4, -0.2) is 81.9 Å². The highest BCUT2D eigenvalue weighted by molar-refractivity contribution is 7.90. The smallest absolute Gasteiger partial charge is 0.301 e. The quantitative estimate of drug-likeness (QED) is 0.185. The van der Waals surface area contributed by atoms with E-state index in [2.05, 4.69) is 15.0 Å². The highest BCUT2D eigenvalue weighted by Crippen LogP contribution is 2.29. The minimum absolute atomic E-state index is 0.0170. The van der Waals surface area contributed by atoms with Crippen molar-refractivity contribution < 1.29 is 40.7 Å². The Morgan fingerprint density at radius 3 is 2.18 bits per heavy atom. The molecule has 6 rings (SSSR count). The van der Waals surface area contributed by atoms with Gasteiger partial charge in [0, 0.05) is 68.0 Å². The normalized spacial score (nSPS) is 13.9. The van der Waals surface area contributed by atoms with Crippen LogP contribution in [0.4, 0.5) is 34.9 Å². The molecule has 4 heterocycles. The summed E-state index contributed by atoms with van der Waals surface area (Å²) >= 11 is 0. The molecule has 51 heavy (non-hydrogen) atoms. The molecule has 0 atom stereocenters. The number of carbonyl (C=O) groups excluding carboxylic acids is 2. The number of aromatic nitrogens is 4. The fourth-order valence-corrected chi connectivity index (χ4v) is 6.35. The average molecular weight is 727 g/mol. The number of anilines is 3. The SMILES string of the molecule is CCN(C)S(=O)(=O)Nc1ccc(F)c(C(=O)Nc2ccc(F)c(C(=O)n3ccc4cc(-c5cnc(N6CCC(O)CC6)nc5)cnc43)c2F)c1F. The predicted molar refractivity (Wildman–Crippen MR) is 179 cm³/mol. The number of hydrogen-bond acceptors (Lipinski definition) is 9. The van der Waals surface area contributed by atoms with Crippen molar-refractivity contribution in [3.8, 4) is 11.1 Å². The van der Waals surface area contributed by atoms with Crippen LogP contribution in [0.2, 0.25) is 0 Å². The van der Waals surface area contributed by atoms with Gasteiger partial charge in [-0.15, -0.1) is 0 Å². The fourth-order valence-electron chi connectivity index (χ4n) is 5.42. The van der Waals surface area contributed by atoms with E-state index in [1.807, 2.05) is 14.9 Å². The van der Waals surface area contributed by atoms with Gasteiger partial charge < -0.3 is 15.3 Å². The molecule has 0 saturated carbocycles. The molecule has 1 saturated heterocycles.